The summed E-state index contributed by atoms with van der Waals surface area (Å²) in [6.45, 7) is 0.738. The molecule has 0 saturated carbocycles. The van der Waals surface area contributed by atoms with Gasteiger partial charge in [-0.3, -0.25) is 4.98 Å². The molecule has 0 aromatic carbocycles. The molecule has 2 heterocycles. The molecule has 0 amide bonds. The third kappa shape index (κ3) is 3.01. The third-order valence-corrected chi connectivity index (χ3v) is 2.80. The smallest absolute Gasteiger partial charge is 0.129 e. The summed E-state index contributed by atoms with van der Waals surface area (Å²) in [5, 5.41) is 0. The van der Waals surface area contributed by atoms with Crippen molar-refractivity contribution in [3.63, 3.8) is 0 Å². The van der Waals surface area contributed by atoms with E-state index in [-0.39, 0.29) is 0 Å². The van der Waals surface area contributed by atoms with Crippen LogP contribution in [0.15, 0.2) is 42.9 Å². The number of hydrogen-bond acceptors (Lipinski definition) is 4. The molecule has 0 radical (unpaired) electrons. The Kier molecular flexibility index (Phi) is 3.84. The number of hydrogen-bond donors (Lipinski definition) is 1. The van der Waals surface area contributed by atoms with Crippen LogP contribution in [0.3, 0.4) is 0 Å². The predicted molar refractivity (Wildman–Crippen MR) is 76.5 cm³/mol. The van der Waals surface area contributed by atoms with E-state index in [0.29, 0.717) is 4.99 Å². The van der Waals surface area contributed by atoms with Gasteiger partial charge in [0.15, 0.2) is 0 Å². The zero-order valence-electron chi connectivity index (χ0n) is 10.1. The molecule has 5 heteroatoms. The zero-order chi connectivity index (χ0) is 13.0. The van der Waals surface area contributed by atoms with Gasteiger partial charge in [0.2, 0.25) is 0 Å². The van der Waals surface area contributed by atoms with Crippen LogP contribution in [0.1, 0.15) is 11.1 Å². The molecule has 0 bridgehead atoms. The van der Waals surface area contributed by atoms with Gasteiger partial charge >= 0.3 is 0 Å². The minimum absolute atomic E-state index is 0.383. The van der Waals surface area contributed by atoms with Gasteiger partial charge in [-0.15, -0.1) is 0 Å². The van der Waals surface area contributed by atoms with Gasteiger partial charge in [-0.05, 0) is 23.8 Å². The monoisotopic (exact) mass is 258 g/mol. The molecule has 4 nitrogen and oxygen atoms in total. The molecule has 2 N–H and O–H groups in total. The molecule has 0 aliphatic rings. The normalized spacial score (nSPS) is 10.1. The molecule has 0 saturated heterocycles. The summed E-state index contributed by atoms with van der Waals surface area (Å²) in [5.41, 5.74) is 7.56. The van der Waals surface area contributed by atoms with Crippen molar-refractivity contribution < 1.29 is 0 Å². The highest BCUT2D eigenvalue weighted by molar-refractivity contribution is 7.80. The van der Waals surface area contributed by atoms with Crippen LogP contribution in [0.25, 0.3) is 0 Å². The van der Waals surface area contributed by atoms with Gasteiger partial charge in [0.25, 0.3) is 0 Å². The molecule has 2 aromatic rings. The fraction of sp³-hybridized carbons (Fsp3) is 0.154. The maximum Gasteiger partial charge on any atom is 0.129 e. The molecule has 92 valence electrons. The number of anilines is 1. The molecule has 2 aromatic heterocycles. The second-order valence-electron chi connectivity index (χ2n) is 3.98. The second-order valence-corrected chi connectivity index (χ2v) is 4.42. The van der Waals surface area contributed by atoms with Gasteiger partial charge in [-0.1, -0.05) is 18.3 Å². The van der Waals surface area contributed by atoms with Crippen LogP contribution in [0.2, 0.25) is 0 Å². The lowest BCUT2D eigenvalue weighted by Crippen LogP contribution is -2.19. The first-order valence-corrected chi connectivity index (χ1v) is 5.93. The topological polar surface area (TPSA) is 55.0 Å². The average Bonchev–Trinajstić information content (AvgIpc) is 2.40. The molecule has 0 fully saturated rings. The number of aromatic nitrogens is 2. The Morgan fingerprint density at radius 2 is 2.22 bits per heavy atom. The Balaban J connectivity index is 2.16. The standard InChI is InChI=1S/C13H14N4S/c1-17(9-10-3-2-5-15-8-10)12-7-11(13(14)18)4-6-16-12/h2-8H,9H2,1H3,(H2,14,18). The van der Waals surface area contributed by atoms with Gasteiger partial charge < -0.3 is 10.6 Å². The van der Waals surface area contributed by atoms with E-state index in [4.69, 9.17) is 18.0 Å². The van der Waals surface area contributed by atoms with Gasteiger partial charge in [0.05, 0.1) is 0 Å². The van der Waals surface area contributed by atoms with Crippen LogP contribution in [-0.2, 0) is 6.54 Å². The van der Waals surface area contributed by atoms with Crippen molar-refractivity contribution in [3.8, 4) is 0 Å². The van der Waals surface area contributed by atoms with Gasteiger partial charge in [-0.2, -0.15) is 0 Å². The minimum Gasteiger partial charge on any atom is -0.389 e. The van der Waals surface area contributed by atoms with E-state index in [0.717, 1.165) is 23.5 Å². The first-order chi connectivity index (χ1) is 8.66. The lowest BCUT2D eigenvalue weighted by molar-refractivity contribution is 0.891. The lowest BCUT2D eigenvalue weighted by Gasteiger charge is -2.18. The van der Waals surface area contributed by atoms with Crippen LogP contribution in [0.4, 0.5) is 5.82 Å². The fourth-order valence-corrected chi connectivity index (χ4v) is 1.75. The largest absolute Gasteiger partial charge is 0.389 e. The number of nitrogens with zero attached hydrogens (tertiary/aromatic N) is 3. The lowest BCUT2D eigenvalue weighted by atomic mass is 10.2. The molecular formula is C13H14N4S. The summed E-state index contributed by atoms with van der Waals surface area (Å²) < 4.78 is 0. The molecule has 0 spiro atoms. The van der Waals surface area contributed by atoms with Crippen molar-refractivity contribution in [1.29, 1.82) is 0 Å². The maximum absolute atomic E-state index is 5.61. The number of nitrogens with two attached hydrogens (primary N) is 1. The molecule has 0 atom stereocenters. The van der Waals surface area contributed by atoms with Gasteiger partial charge in [-0.25, -0.2) is 4.98 Å². The summed E-state index contributed by atoms with van der Waals surface area (Å²) in [7, 11) is 1.97. The van der Waals surface area contributed by atoms with E-state index < -0.39 is 0 Å². The van der Waals surface area contributed by atoms with E-state index >= 15 is 0 Å². The SMILES string of the molecule is CN(Cc1cccnc1)c1cc(C(N)=S)ccn1. The van der Waals surface area contributed by atoms with E-state index in [1.54, 1.807) is 12.4 Å². The van der Waals surface area contributed by atoms with Crippen LogP contribution < -0.4 is 10.6 Å². The van der Waals surface area contributed by atoms with Crippen molar-refractivity contribution in [1.82, 2.24) is 9.97 Å². The molecule has 0 unspecified atom stereocenters. The van der Waals surface area contributed by atoms with Gasteiger partial charge in [0.1, 0.15) is 10.8 Å². The summed E-state index contributed by atoms with van der Waals surface area (Å²) in [6.07, 6.45) is 5.31. The Labute approximate surface area is 111 Å². The quantitative estimate of drug-likeness (QED) is 0.847. The third-order valence-electron chi connectivity index (χ3n) is 2.56. The summed E-state index contributed by atoms with van der Waals surface area (Å²) >= 11 is 4.96. The average molecular weight is 258 g/mol. The highest BCUT2D eigenvalue weighted by Gasteiger charge is 2.05. The predicted octanol–water partition coefficient (Wildman–Crippen LogP) is 1.75. The van der Waals surface area contributed by atoms with Crippen LogP contribution in [0, 0.1) is 0 Å². The van der Waals surface area contributed by atoms with Crippen molar-refractivity contribution in [2.75, 3.05) is 11.9 Å². The number of rotatable bonds is 4. The Hall–Kier alpha value is -2.01. The molecule has 18 heavy (non-hydrogen) atoms. The van der Waals surface area contributed by atoms with E-state index in [9.17, 15) is 0 Å². The van der Waals surface area contributed by atoms with Crippen molar-refractivity contribution in [2.24, 2.45) is 5.73 Å². The highest BCUT2D eigenvalue weighted by Crippen LogP contribution is 2.13. The zero-order valence-corrected chi connectivity index (χ0v) is 10.9. The highest BCUT2D eigenvalue weighted by atomic mass is 32.1. The molecule has 0 aliphatic carbocycles. The Morgan fingerprint density at radius 1 is 1.39 bits per heavy atom. The van der Waals surface area contributed by atoms with Crippen molar-refractivity contribution >= 4 is 23.0 Å². The number of thiocarbonyl (C=S) groups is 1. The Morgan fingerprint density at radius 3 is 2.89 bits per heavy atom. The summed E-state index contributed by atoms with van der Waals surface area (Å²) in [5.74, 6) is 0.837. The van der Waals surface area contributed by atoms with Crippen LogP contribution >= 0.6 is 12.2 Å². The first-order valence-electron chi connectivity index (χ1n) is 5.52. The van der Waals surface area contributed by atoms with Crippen molar-refractivity contribution in [3.05, 3.63) is 54.0 Å². The van der Waals surface area contributed by atoms with Crippen molar-refractivity contribution in [2.45, 2.75) is 6.54 Å². The number of pyridine rings is 2. The summed E-state index contributed by atoms with van der Waals surface area (Å²) in [4.78, 5) is 10.8. The van der Waals surface area contributed by atoms with Crippen LogP contribution in [0.5, 0.6) is 0 Å². The first kappa shape index (κ1) is 12.4. The van der Waals surface area contributed by atoms with E-state index in [1.807, 2.05) is 42.4 Å². The van der Waals surface area contributed by atoms with Gasteiger partial charge in [0, 0.05) is 37.7 Å². The van der Waals surface area contributed by atoms with Crippen LogP contribution in [-0.4, -0.2) is 22.0 Å². The Bertz CT molecular complexity index is 542. The van der Waals surface area contributed by atoms with E-state index in [2.05, 4.69) is 9.97 Å². The maximum atomic E-state index is 5.61. The second kappa shape index (κ2) is 5.55. The summed E-state index contributed by atoms with van der Waals surface area (Å²) in [6, 6.07) is 7.64. The molecule has 0 aliphatic heterocycles. The van der Waals surface area contributed by atoms with E-state index in [1.165, 1.54) is 0 Å². The minimum atomic E-state index is 0.383. The fourth-order valence-electron chi connectivity index (χ4n) is 1.63. The molecular weight excluding hydrogens is 244 g/mol. The molecule has 2 rings (SSSR count).